The molecule has 4 aromatic rings. The Morgan fingerprint density at radius 2 is 2.00 bits per heavy atom. The molecule has 0 aliphatic heterocycles. The summed E-state index contributed by atoms with van der Waals surface area (Å²) in [6.45, 7) is 2.63. The molecule has 4 rings (SSSR count). The highest BCUT2D eigenvalue weighted by molar-refractivity contribution is 9.10. The minimum Gasteiger partial charge on any atom is -0.339 e. The summed E-state index contributed by atoms with van der Waals surface area (Å²) in [4.78, 5) is 24.7. The second-order valence-corrected chi connectivity index (χ2v) is 9.09. The maximum atomic E-state index is 13.1. The molecule has 0 saturated heterocycles. The molecule has 0 saturated carbocycles. The number of rotatable bonds is 9. The van der Waals surface area contributed by atoms with E-state index in [0.29, 0.717) is 40.1 Å². The topological polar surface area (TPSA) is 142 Å². The monoisotopic (exact) mass is 546 g/mol. The lowest BCUT2D eigenvalue weighted by molar-refractivity contribution is 0.375. The molecule has 0 radical (unpaired) electrons. The molecular weight excluding hydrogens is 524 g/mol. The van der Waals surface area contributed by atoms with Gasteiger partial charge in [0.15, 0.2) is 21.7 Å². The molecule has 1 aromatic carbocycles. The fourth-order valence-corrected chi connectivity index (χ4v) is 4.17. The van der Waals surface area contributed by atoms with Crippen molar-refractivity contribution in [2.24, 2.45) is 0 Å². The summed E-state index contributed by atoms with van der Waals surface area (Å²) in [5.74, 6) is 0.874. The van der Waals surface area contributed by atoms with Gasteiger partial charge in [-0.2, -0.15) is 4.98 Å². The molecule has 178 valence electrons. The molecule has 0 aliphatic rings. The van der Waals surface area contributed by atoms with Crippen LogP contribution < -0.4 is 11.2 Å². The summed E-state index contributed by atoms with van der Waals surface area (Å²) in [5, 5.41) is 21.8. The highest BCUT2D eigenvalue weighted by Gasteiger charge is 2.18. The van der Waals surface area contributed by atoms with Gasteiger partial charge in [-0.1, -0.05) is 48.7 Å². The first kappa shape index (κ1) is 24.1. The van der Waals surface area contributed by atoms with Crippen LogP contribution in [0, 0.1) is 10.8 Å². The van der Waals surface area contributed by atoms with E-state index in [-0.39, 0.29) is 29.8 Å². The molecule has 0 spiro atoms. The third-order valence-corrected chi connectivity index (χ3v) is 6.04. The summed E-state index contributed by atoms with van der Waals surface area (Å²) in [5.41, 5.74) is 1.11. The zero-order valence-corrected chi connectivity index (χ0v) is 20.9. The predicted octanol–water partition coefficient (Wildman–Crippen LogP) is 4.04. The van der Waals surface area contributed by atoms with Crippen molar-refractivity contribution in [3.8, 4) is 0 Å². The molecule has 0 atom stereocenters. The number of H-pyrrole nitrogens is 1. The quantitative estimate of drug-likeness (QED) is 0.125. The molecule has 0 unspecified atom stereocenters. The SMILES string of the molecule is CCCCCn1c(=N)n(C(=N)CCc2nc(Cc3ccc(Cl)cc3)no2)c(=O)c2[nH]c(Br)nc21. The van der Waals surface area contributed by atoms with Crippen LogP contribution in [0.5, 0.6) is 0 Å². The molecule has 10 nitrogen and oxygen atoms in total. The smallest absolute Gasteiger partial charge is 0.286 e. The Bertz CT molecular complexity index is 1430. The maximum absolute atomic E-state index is 13.1. The fourth-order valence-electron chi connectivity index (χ4n) is 3.68. The number of aromatic amines is 1. The number of aromatic nitrogens is 6. The number of nitrogens with one attached hydrogen (secondary N) is 3. The van der Waals surface area contributed by atoms with Gasteiger partial charge in [0.2, 0.25) is 11.5 Å². The summed E-state index contributed by atoms with van der Waals surface area (Å²) in [7, 11) is 0. The largest absolute Gasteiger partial charge is 0.339 e. The van der Waals surface area contributed by atoms with Crippen LogP contribution in [0.1, 0.15) is 49.9 Å². The van der Waals surface area contributed by atoms with Gasteiger partial charge >= 0.3 is 0 Å². The van der Waals surface area contributed by atoms with E-state index in [9.17, 15) is 4.79 Å². The van der Waals surface area contributed by atoms with E-state index in [1.165, 1.54) is 0 Å². The van der Waals surface area contributed by atoms with Crippen LogP contribution in [0.4, 0.5) is 0 Å². The second kappa shape index (κ2) is 10.5. The normalized spacial score (nSPS) is 11.4. The Morgan fingerprint density at radius 3 is 2.74 bits per heavy atom. The number of unbranched alkanes of at least 4 members (excludes halogenated alkanes) is 2. The van der Waals surface area contributed by atoms with Crippen molar-refractivity contribution in [1.29, 1.82) is 10.8 Å². The van der Waals surface area contributed by atoms with Crippen LogP contribution in [0.25, 0.3) is 11.2 Å². The van der Waals surface area contributed by atoms with Gasteiger partial charge in [-0.05, 0) is 40.0 Å². The van der Waals surface area contributed by atoms with Gasteiger partial charge in [-0.3, -0.25) is 20.2 Å². The van der Waals surface area contributed by atoms with Crippen molar-refractivity contribution >= 4 is 44.5 Å². The third-order valence-electron chi connectivity index (χ3n) is 5.41. The molecule has 0 bridgehead atoms. The summed E-state index contributed by atoms with van der Waals surface area (Å²) >= 11 is 9.19. The lowest BCUT2D eigenvalue weighted by Crippen LogP contribution is -2.44. The molecule has 3 heterocycles. The van der Waals surface area contributed by atoms with Gasteiger partial charge in [0.05, 0.1) is 0 Å². The average molecular weight is 548 g/mol. The van der Waals surface area contributed by atoms with Crippen LogP contribution in [0.15, 0.2) is 38.3 Å². The lowest BCUT2D eigenvalue weighted by atomic mass is 10.1. The number of hydrogen-bond acceptors (Lipinski definition) is 7. The van der Waals surface area contributed by atoms with Crippen LogP contribution in [-0.4, -0.2) is 35.1 Å². The van der Waals surface area contributed by atoms with Crippen LogP contribution in [-0.2, 0) is 19.4 Å². The molecule has 0 aliphatic carbocycles. The highest BCUT2D eigenvalue weighted by Crippen LogP contribution is 2.14. The van der Waals surface area contributed by atoms with Gasteiger partial charge in [0.1, 0.15) is 5.84 Å². The maximum Gasteiger partial charge on any atom is 0.286 e. The zero-order chi connectivity index (χ0) is 24.2. The average Bonchev–Trinajstić information content (AvgIpc) is 3.42. The molecule has 0 amide bonds. The number of aryl methyl sites for hydroxylation is 2. The molecule has 3 N–H and O–H groups in total. The predicted molar refractivity (Wildman–Crippen MR) is 131 cm³/mol. The van der Waals surface area contributed by atoms with E-state index < -0.39 is 5.56 Å². The molecule has 0 fully saturated rings. The second-order valence-electron chi connectivity index (χ2n) is 7.90. The van der Waals surface area contributed by atoms with Crippen molar-refractivity contribution < 1.29 is 4.52 Å². The lowest BCUT2D eigenvalue weighted by Gasteiger charge is -2.13. The van der Waals surface area contributed by atoms with Crippen LogP contribution >= 0.6 is 27.5 Å². The molecule has 12 heteroatoms. The molecular formula is C22H24BrClN8O2. The van der Waals surface area contributed by atoms with Gasteiger partial charge in [0, 0.05) is 30.8 Å². The minimum absolute atomic E-state index is 0.0238. The Hall–Kier alpha value is -3.05. The van der Waals surface area contributed by atoms with Gasteiger partial charge < -0.3 is 9.51 Å². The van der Waals surface area contributed by atoms with Crippen molar-refractivity contribution in [2.45, 2.75) is 52.0 Å². The van der Waals surface area contributed by atoms with E-state index in [2.05, 4.69) is 43.0 Å². The number of hydrogen-bond donors (Lipinski definition) is 3. The van der Waals surface area contributed by atoms with E-state index >= 15 is 0 Å². The van der Waals surface area contributed by atoms with E-state index in [1.807, 2.05) is 12.1 Å². The Kier molecular flexibility index (Phi) is 7.42. The first-order valence-electron chi connectivity index (χ1n) is 11.0. The van der Waals surface area contributed by atoms with Gasteiger partial charge in [-0.25, -0.2) is 9.55 Å². The summed E-state index contributed by atoms with van der Waals surface area (Å²) in [6.07, 6.45) is 3.80. The number of nitrogens with zero attached hydrogens (tertiary/aromatic N) is 5. The first-order valence-corrected chi connectivity index (χ1v) is 12.1. The number of fused-ring (bicyclic) bond motifs is 1. The third kappa shape index (κ3) is 5.20. The first-order chi connectivity index (χ1) is 16.4. The zero-order valence-electron chi connectivity index (χ0n) is 18.6. The minimum atomic E-state index is -0.483. The van der Waals surface area contributed by atoms with Crippen LogP contribution in [0.3, 0.4) is 0 Å². The standard InChI is InChI=1S/C22H24BrClN8O2/c1-2-3-4-11-31-19-18(28-21(23)29-19)20(33)32(22(31)26)15(25)9-10-17-27-16(30-34-17)12-13-5-7-14(24)8-6-13/h5-8,25-26H,2-4,9-12H2,1H3,(H,28,29). The highest BCUT2D eigenvalue weighted by atomic mass is 79.9. The molecule has 3 aromatic heterocycles. The number of imidazole rings is 1. The van der Waals surface area contributed by atoms with Crippen molar-refractivity contribution in [2.75, 3.05) is 0 Å². The van der Waals surface area contributed by atoms with Crippen molar-refractivity contribution in [3.05, 3.63) is 67.3 Å². The molecule has 34 heavy (non-hydrogen) atoms. The number of halogens is 2. The Labute approximate surface area is 208 Å². The van der Waals surface area contributed by atoms with Gasteiger partial charge in [0.25, 0.3) is 5.56 Å². The van der Waals surface area contributed by atoms with E-state index in [1.54, 1.807) is 16.7 Å². The van der Waals surface area contributed by atoms with E-state index in [0.717, 1.165) is 29.4 Å². The fraction of sp³-hybridized carbons (Fsp3) is 0.364. The van der Waals surface area contributed by atoms with Gasteiger partial charge in [-0.15, -0.1) is 0 Å². The van der Waals surface area contributed by atoms with Crippen LogP contribution in [0.2, 0.25) is 5.02 Å². The number of benzene rings is 1. The van der Waals surface area contributed by atoms with Crippen molar-refractivity contribution in [3.63, 3.8) is 0 Å². The summed E-state index contributed by atoms with van der Waals surface area (Å²) < 4.78 is 8.50. The summed E-state index contributed by atoms with van der Waals surface area (Å²) in [6, 6.07) is 7.41. The van der Waals surface area contributed by atoms with E-state index in [4.69, 9.17) is 26.9 Å². The Morgan fingerprint density at radius 1 is 1.24 bits per heavy atom. The Balaban J connectivity index is 1.53. The van der Waals surface area contributed by atoms with Crippen molar-refractivity contribution in [1.82, 2.24) is 29.2 Å².